The lowest BCUT2D eigenvalue weighted by atomic mass is 10.0. The Morgan fingerprint density at radius 3 is 2.74 bits per heavy atom. The van der Waals surface area contributed by atoms with Crippen LogP contribution in [0.5, 0.6) is 0 Å². The van der Waals surface area contributed by atoms with Crippen molar-refractivity contribution in [3.8, 4) is 0 Å². The molecule has 1 atom stereocenters. The van der Waals surface area contributed by atoms with Gasteiger partial charge in [0.15, 0.2) is 0 Å². The Bertz CT molecular complexity index is 714. The van der Waals surface area contributed by atoms with Crippen LogP contribution < -0.4 is 10.6 Å². The minimum atomic E-state index is -0.468. The Hall–Kier alpha value is -2.19. The average Bonchev–Trinajstić information content (AvgIpc) is 3.02. The van der Waals surface area contributed by atoms with Gasteiger partial charge in [0.2, 0.25) is 5.91 Å². The number of aromatic nitrogens is 1. The van der Waals surface area contributed by atoms with Gasteiger partial charge >= 0.3 is 6.09 Å². The van der Waals surface area contributed by atoms with Gasteiger partial charge in [-0.05, 0) is 31.4 Å². The van der Waals surface area contributed by atoms with Crippen LogP contribution in [0.15, 0.2) is 24.3 Å². The van der Waals surface area contributed by atoms with Crippen molar-refractivity contribution in [1.82, 2.24) is 15.6 Å². The fourth-order valence-electron chi connectivity index (χ4n) is 2.60. The molecule has 2 amide bonds. The van der Waals surface area contributed by atoms with Crippen LogP contribution in [0.25, 0.3) is 10.2 Å². The molecule has 1 aromatic carbocycles. The van der Waals surface area contributed by atoms with Crippen molar-refractivity contribution >= 4 is 33.6 Å². The van der Waals surface area contributed by atoms with Crippen molar-refractivity contribution in [2.45, 2.75) is 39.8 Å². The number of para-hydroxylation sites is 1. The molecule has 2 aromatic rings. The highest BCUT2D eigenvalue weighted by molar-refractivity contribution is 7.18. The first kappa shape index (κ1) is 21.1. The summed E-state index contributed by atoms with van der Waals surface area (Å²) in [5, 5.41) is 6.41. The van der Waals surface area contributed by atoms with E-state index in [1.807, 2.05) is 24.3 Å². The fourth-order valence-corrected chi connectivity index (χ4v) is 3.51. The monoisotopic (exact) mass is 393 g/mol. The van der Waals surface area contributed by atoms with Crippen LogP contribution in [-0.2, 0) is 20.9 Å². The standard InChI is InChI=1S/C19H27N3O4S/c1-4-26-19(24)21-14(9-13(2)3)10-20-17(23)11-25-12-18-22-15-7-5-6-8-16(15)27-18/h5-8,13-14H,4,9-12H2,1-3H3,(H,20,23)(H,21,24)/t14-/m1/s1. The van der Waals surface area contributed by atoms with E-state index in [0.717, 1.165) is 21.6 Å². The predicted octanol–water partition coefficient (Wildman–Crippen LogP) is 3.09. The lowest BCUT2D eigenvalue weighted by Gasteiger charge is -2.20. The van der Waals surface area contributed by atoms with Crippen LogP contribution in [0.2, 0.25) is 0 Å². The first-order valence-corrected chi connectivity index (χ1v) is 9.91. The van der Waals surface area contributed by atoms with E-state index in [9.17, 15) is 9.59 Å². The molecule has 0 aliphatic heterocycles. The van der Waals surface area contributed by atoms with Crippen LogP contribution in [-0.4, -0.2) is 42.8 Å². The summed E-state index contributed by atoms with van der Waals surface area (Å²) in [5.74, 6) is 0.152. The molecular weight excluding hydrogens is 366 g/mol. The molecular formula is C19H27N3O4S. The van der Waals surface area contributed by atoms with E-state index >= 15 is 0 Å². The lowest BCUT2D eigenvalue weighted by Crippen LogP contribution is -2.45. The van der Waals surface area contributed by atoms with Crippen molar-refractivity contribution in [2.24, 2.45) is 5.92 Å². The molecule has 0 unspecified atom stereocenters. The zero-order chi connectivity index (χ0) is 19.6. The Balaban J connectivity index is 1.73. The maximum Gasteiger partial charge on any atom is 0.407 e. The first-order valence-electron chi connectivity index (χ1n) is 9.10. The molecule has 0 aliphatic rings. The summed E-state index contributed by atoms with van der Waals surface area (Å²) >= 11 is 1.56. The molecule has 2 rings (SSSR count). The van der Waals surface area contributed by atoms with E-state index < -0.39 is 6.09 Å². The van der Waals surface area contributed by atoms with Crippen molar-refractivity contribution in [3.05, 3.63) is 29.3 Å². The van der Waals surface area contributed by atoms with Gasteiger partial charge in [0.1, 0.15) is 11.6 Å². The van der Waals surface area contributed by atoms with Gasteiger partial charge < -0.3 is 20.1 Å². The molecule has 2 N–H and O–H groups in total. The normalized spacial score (nSPS) is 12.1. The zero-order valence-electron chi connectivity index (χ0n) is 16.0. The average molecular weight is 394 g/mol. The quantitative estimate of drug-likeness (QED) is 0.647. The molecule has 0 saturated heterocycles. The molecule has 0 bridgehead atoms. The van der Waals surface area contributed by atoms with E-state index in [1.165, 1.54) is 0 Å². The summed E-state index contributed by atoms with van der Waals surface area (Å²) in [6, 6.07) is 7.69. The van der Waals surface area contributed by atoms with Gasteiger partial charge in [-0.3, -0.25) is 4.79 Å². The summed E-state index contributed by atoms with van der Waals surface area (Å²) in [6.07, 6.45) is 0.274. The topological polar surface area (TPSA) is 89.6 Å². The van der Waals surface area contributed by atoms with E-state index in [-0.39, 0.29) is 18.6 Å². The summed E-state index contributed by atoms with van der Waals surface area (Å²) in [5.41, 5.74) is 0.937. The van der Waals surface area contributed by atoms with Crippen molar-refractivity contribution < 1.29 is 19.1 Å². The van der Waals surface area contributed by atoms with E-state index in [4.69, 9.17) is 9.47 Å². The van der Waals surface area contributed by atoms with Crippen molar-refractivity contribution in [2.75, 3.05) is 19.8 Å². The number of ether oxygens (including phenoxy) is 2. The van der Waals surface area contributed by atoms with Gasteiger partial charge in [-0.1, -0.05) is 26.0 Å². The van der Waals surface area contributed by atoms with Crippen LogP contribution in [0.1, 0.15) is 32.2 Å². The Kier molecular flexibility index (Phi) is 8.47. The third-order valence-electron chi connectivity index (χ3n) is 3.70. The Morgan fingerprint density at radius 2 is 2.04 bits per heavy atom. The number of fused-ring (bicyclic) bond motifs is 1. The zero-order valence-corrected chi connectivity index (χ0v) is 16.8. The number of nitrogens with one attached hydrogen (secondary N) is 2. The Morgan fingerprint density at radius 1 is 1.26 bits per heavy atom. The number of amides is 2. The molecule has 0 fully saturated rings. The van der Waals surface area contributed by atoms with Crippen molar-refractivity contribution in [1.29, 1.82) is 0 Å². The molecule has 0 aliphatic carbocycles. The molecule has 0 spiro atoms. The summed E-state index contributed by atoms with van der Waals surface area (Å²) in [7, 11) is 0. The number of alkyl carbamates (subject to hydrolysis) is 1. The molecule has 1 aromatic heterocycles. The predicted molar refractivity (Wildman–Crippen MR) is 106 cm³/mol. The SMILES string of the molecule is CCOC(=O)N[C@@H](CNC(=O)COCc1nc2ccccc2s1)CC(C)C. The molecule has 27 heavy (non-hydrogen) atoms. The van der Waals surface area contributed by atoms with Gasteiger partial charge in [-0.15, -0.1) is 11.3 Å². The minimum Gasteiger partial charge on any atom is -0.450 e. The summed E-state index contributed by atoms with van der Waals surface area (Å²) in [6.45, 7) is 6.76. The van der Waals surface area contributed by atoms with E-state index in [1.54, 1.807) is 18.3 Å². The second kappa shape index (κ2) is 10.8. The number of rotatable bonds is 10. The Labute approximate surface area is 163 Å². The largest absolute Gasteiger partial charge is 0.450 e. The molecule has 1 heterocycles. The van der Waals surface area contributed by atoms with Gasteiger partial charge in [0.25, 0.3) is 0 Å². The number of carbonyl (C=O) groups excluding carboxylic acids is 2. The molecule has 8 heteroatoms. The van der Waals surface area contributed by atoms with Gasteiger partial charge in [-0.2, -0.15) is 0 Å². The number of hydrogen-bond acceptors (Lipinski definition) is 6. The van der Waals surface area contributed by atoms with E-state index in [0.29, 0.717) is 25.7 Å². The highest BCUT2D eigenvalue weighted by Crippen LogP contribution is 2.21. The number of carbonyl (C=O) groups is 2. The minimum absolute atomic E-state index is 0.0519. The van der Waals surface area contributed by atoms with Crippen LogP contribution in [0.4, 0.5) is 4.79 Å². The number of benzene rings is 1. The number of nitrogens with zero attached hydrogens (tertiary/aromatic N) is 1. The van der Waals surface area contributed by atoms with Crippen LogP contribution in [0, 0.1) is 5.92 Å². The summed E-state index contributed by atoms with van der Waals surface area (Å²) in [4.78, 5) is 28.1. The molecule has 148 valence electrons. The van der Waals surface area contributed by atoms with Crippen LogP contribution in [0.3, 0.4) is 0 Å². The molecule has 0 radical (unpaired) electrons. The van der Waals surface area contributed by atoms with Crippen molar-refractivity contribution in [3.63, 3.8) is 0 Å². The number of thiazole rings is 1. The smallest absolute Gasteiger partial charge is 0.407 e. The van der Waals surface area contributed by atoms with Gasteiger partial charge in [0, 0.05) is 12.6 Å². The molecule has 0 saturated carbocycles. The second-order valence-corrected chi connectivity index (χ2v) is 7.68. The number of hydrogen-bond donors (Lipinski definition) is 2. The molecule has 7 nitrogen and oxygen atoms in total. The van der Waals surface area contributed by atoms with Gasteiger partial charge in [0.05, 0.1) is 23.4 Å². The third kappa shape index (κ3) is 7.52. The first-order chi connectivity index (χ1) is 13.0. The highest BCUT2D eigenvalue weighted by atomic mass is 32.1. The second-order valence-electron chi connectivity index (χ2n) is 6.56. The summed E-state index contributed by atoms with van der Waals surface area (Å²) < 4.78 is 11.5. The fraction of sp³-hybridized carbons (Fsp3) is 0.526. The maximum atomic E-state index is 12.0. The van der Waals surface area contributed by atoms with Crippen LogP contribution >= 0.6 is 11.3 Å². The van der Waals surface area contributed by atoms with Gasteiger partial charge in [-0.25, -0.2) is 9.78 Å². The maximum absolute atomic E-state index is 12.0. The lowest BCUT2D eigenvalue weighted by molar-refractivity contribution is -0.126. The van der Waals surface area contributed by atoms with E-state index in [2.05, 4.69) is 29.5 Å². The highest BCUT2D eigenvalue weighted by Gasteiger charge is 2.16. The third-order valence-corrected chi connectivity index (χ3v) is 4.71.